The van der Waals surface area contributed by atoms with Gasteiger partial charge in [0.1, 0.15) is 5.82 Å². The molecule has 0 aliphatic rings. The van der Waals surface area contributed by atoms with Gasteiger partial charge in [0.25, 0.3) is 5.69 Å². The number of benzene rings is 2. The summed E-state index contributed by atoms with van der Waals surface area (Å²) in [5, 5.41) is 16.6. The summed E-state index contributed by atoms with van der Waals surface area (Å²) in [5.41, 5.74) is 1.48. The molecule has 0 spiro atoms. The number of anilines is 1. The van der Waals surface area contributed by atoms with E-state index in [-0.39, 0.29) is 23.2 Å². The minimum absolute atomic E-state index is 0.0494. The molecule has 26 heavy (non-hydrogen) atoms. The zero-order chi connectivity index (χ0) is 19.4. The molecule has 0 fully saturated rings. The normalized spacial score (nSPS) is 11.9. The predicted octanol–water partition coefficient (Wildman–Crippen LogP) is 4.64. The van der Waals surface area contributed by atoms with Crippen LogP contribution in [0.2, 0.25) is 10.0 Å². The van der Waals surface area contributed by atoms with Crippen molar-refractivity contribution in [3.05, 3.63) is 67.4 Å². The lowest BCUT2D eigenvalue weighted by molar-refractivity contribution is -0.384. The van der Waals surface area contributed by atoms with Gasteiger partial charge in [-0.05, 0) is 43.2 Å². The van der Waals surface area contributed by atoms with Crippen LogP contribution in [0.25, 0.3) is 0 Å². The average Bonchev–Trinajstić information content (AvgIpc) is 2.57. The van der Waals surface area contributed by atoms with E-state index in [2.05, 4.69) is 10.6 Å². The second-order valence-electron chi connectivity index (χ2n) is 5.69. The van der Waals surface area contributed by atoms with Gasteiger partial charge in [0.05, 0.1) is 16.5 Å². The fourth-order valence-corrected chi connectivity index (χ4v) is 2.87. The van der Waals surface area contributed by atoms with Crippen LogP contribution in [0.1, 0.15) is 24.1 Å². The molecule has 0 radical (unpaired) electrons. The second kappa shape index (κ2) is 8.44. The van der Waals surface area contributed by atoms with Gasteiger partial charge in [-0.15, -0.1) is 0 Å². The van der Waals surface area contributed by atoms with Gasteiger partial charge in [-0.3, -0.25) is 14.9 Å². The molecule has 6 nitrogen and oxygen atoms in total. The summed E-state index contributed by atoms with van der Waals surface area (Å²) >= 11 is 11.7. The third kappa shape index (κ3) is 4.91. The first kappa shape index (κ1) is 20.1. The number of aryl methyl sites for hydroxylation is 1. The Hall–Kier alpha value is -2.22. The second-order valence-corrected chi connectivity index (χ2v) is 6.51. The molecule has 0 unspecified atom stereocenters. The van der Waals surface area contributed by atoms with Crippen LogP contribution in [0.15, 0.2) is 30.3 Å². The molecular formula is C17H16Cl2FN3O3. The maximum Gasteiger partial charge on any atom is 0.269 e. The topological polar surface area (TPSA) is 84.3 Å². The molecule has 0 bridgehead atoms. The fraction of sp³-hybridized carbons (Fsp3) is 0.235. The van der Waals surface area contributed by atoms with E-state index in [1.54, 1.807) is 13.8 Å². The number of nitrogens with one attached hydrogen (secondary N) is 2. The minimum atomic E-state index is -0.592. The van der Waals surface area contributed by atoms with Gasteiger partial charge in [-0.2, -0.15) is 0 Å². The third-order valence-corrected chi connectivity index (χ3v) is 4.39. The maximum absolute atomic E-state index is 13.6. The molecule has 0 saturated carbocycles. The van der Waals surface area contributed by atoms with E-state index >= 15 is 0 Å². The summed E-state index contributed by atoms with van der Waals surface area (Å²) in [5.74, 6) is -0.940. The summed E-state index contributed by atoms with van der Waals surface area (Å²) in [7, 11) is 0. The predicted molar refractivity (Wildman–Crippen MR) is 99.3 cm³/mol. The molecule has 138 valence electrons. The number of nitro benzene ring substituents is 1. The third-order valence-electron chi connectivity index (χ3n) is 3.77. The van der Waals surface area contributed by atoms with Gasteiger partial charge < -0.3 is 10.6 Å². The molecule has 1 atom stereocenters. The van der Waals surface area contributed by atoms with Crippen molar-refractivity contribution in [3.63, 3.8) is 0 Å². The molecule has 2 rings (SSSR count). The Kier molecular flexibility index (Phi) is 6.52. The number of carbonyl (C=O) groups is 1. The Labute approximate surface area is 159 Å². The smallest absolute Gasteiger partial charge is 0.269 e. The van der Waals surface area contributed by atoms with Crippen LogP contribution < -0.4 is 10.6 Å². The van der Waals surface area contributed by atoms with Crippen molar-refractivity contribution in [1.29, 1.82) is 0 Å². The molecule has 0 aliphatic carbocycles. The quantitative estimate of drug-likeness (QED) is 0.420. The number of nitro groups is 1. The van der Waals surface area contributed by atoms with E-state index in [0.29, 0.717) is 21.8 Å². The average molecular weight is 400 g/mol. The van der Waals surface area contributed by atoms with Crippen molar-refractivity contribution in [2.24, 2.45) is 0 Å². The van der Waals surface area contributed by atoms with Crippen LogP contribution in [0.3, 0.4) is 0 Å². The summed E-state index contributed by atoms with van der Waals surface area (Å²) in [6, 6.07) is 6.31. The molecule has 9 heteroatoms. The molecule has 1 amide bonds. The number of amides is 1. The van der Waals surface area contributed by atoms with Gasteiger partial charge >= 0.3 is 0 Å². The lowest BCUT2D eigenvalue weighted by Gasteiger charge is -2.16. The summed E-state index contributed by atoms with van der Waals surface area (Å²) in [6.45, 7) is 3.34. The lowest BCUT2D eigenvalue weighted by Crippen LogP contribution is -2.30. The van der Waals surface area contributed by atoms with Crippen LogP contribution in [0.4, 0.5) is 15.8 Å². The Morgan fingerprint density at radius 1 is 1.27 bits per heavy atom. The van der Waals surface area contributed by atoms with Gasteiger partial charge in [0.2, 0.25) is 5.91 Å². The highest BCUT2D eigenvalue weighted by molar-refractivity contribution is 6.35. The van der Waals surface area contributed by atoms with Crippen LogP contribution in [0, 0.1) is 22.9 Å². The van der Waals surface area contributed by atoms with Crippen molar-refractivity contribution in [3.8, 4) is 0 Å². The summed E-state index contributed by atoms with van der Waals surface area (Å²) in [6.07, 6.45) is 0. The number of halogens is 3. The number of rotatable bonds is 6. The first-order valence-corrected chi connectivity index (χ1v) is 8.37. The van der Waals surface area contributed by atoms with E-state index in [1.807, 2.05) is 0 Å². The van der Waals surface area contributed by atoms with E-state index in [1.165, 1.54) is 30.3 Å². The highest BCUT2D eigenvalue weighted by Crippen LogP contribution is 2.28. The highest BCUT2D eigenvalue weighted by atomic mass is 35.5. The van der Waals surface area contributed by atoms with E-state index in [4.69, 9.17) is 23.2 Å². The summed E-state index contributed by atoms with van der Waals surface area (Å²) in [4.78, 5) is 22.3. The van der Waals surface area contributed by atoms with Gasteiger partial charge in [0.15, 0.2) is 0 Å². The SMILES string of the molecule is Cc1cc([N+](=O)[O-])ccc1NC(=O)CN[C@H](C)c1cc(F)c(Cl)cc1Cl. The van der Waals surface area contributed by atoms with Crippen molar-refractivity contribution in [2.45, 2.75) is 19.9 Å². The van der Waals surface area contributed by atoms with E-state index < -0.39 is 16.8 Å². The standard InChI is InChI=1S/C17H16Cl2FN3O3/c1-9-5-11(23(25)26)3-4-16(9)22-17(24)8-21-10(2)12-6-15(20)14(19)7-13(12)18/h3-7,10,21H,8H2,1-2H3,(H,22,24)/t10-/m1/s1. The molecule has 0 saturated heterocycles. The molecule has 0 heterocycles. The van der Waals surface area contributed by atoms with Crippen molar-refractivity contribution in [1.82, 2.24) is 5.32 Å². The van der Waals surface area contributed by atoms with Gasteiger partial charge in [-0.25, -0.2) is 4.39 Å². The number of non-ortho nitro benzene ring substituents is 1. The van der Waals surface area contributed by atoms with Crippen LogP contribution >= 0.6 is 23.2 Å². The zero-order valence-electron chi connectivity index (χ0n) is 14.0. The van der Waals surface area contributed by atoms with Gasteiger partial charge in [0, 0.05) is 28.9 Å². The number of nitrogens with zero attached hydrogens (tertiary/aromatic N) is 1. The van der Waals surface area contributed by atoms with Crippen LogP contribution in [-0.4, -0.2) is 17.4 Å². The molecule has 0 aliphatic heterocycles. The van der Waals surface area contributed by atoms with Crippen molar-refractivity contribution < 1.29 is 14.1 Å². The molecule has 0 aromatic heterocycles. The fourth-order valence-electron chi connectivity index (χ4n) is 2.32. The number of hydrogen-bond acceptors (Lipinski definition) is 4. The Morgan fingerprint density at radius 3 is 2.58 bits per heavy atom. The monoisotopic (exact) mass is 399 g/mol. The van der Waals surface area contributed by atoms with Crippen LogP contribution in [0.5, 0.6) is 0 Å². The first-order valence-electron chi connectivity index (χ1n) is 7.61. The number of hydrogen-bond donors (Lipinski definition) is 2. The first-order chi connectivity index (χ1) is 12.2. The minimum Gasteiger partial charge on any atom is -0.325 e. The number of carbonyl (C=O) groups excluding carboxylic acids is 1. The molecule has 2 aromatic carbocycles. The van der Waals surface area contributed by atoms with Crippen LogP contribution in [-0.2, 0) is 4.79 Å². The maximum atomic E-state index is 13.6. The molecular weight excluding hydrogens is 384 g/mol. The highest BCUT2D eigenvalue weighted by Gasteiger charge is 2.15. The Balaban J connectivity index is 1.99. The Morgan fingerprint density at radius 2 is 1.96 bits per heavy atom. The molecule has 2 aromatic rings. The van der Waals surface area contributed by atoms with Gasteiger partial charge in [-0.1, -0.05) is 23.2 Å². The Bertz CT molecular complexity index is 861. The molecule has 2 N–H and O–H groups in total. The lowest BCUT2D eigenvalue weighted by atomic mass is 10.1. The zero-order valence-corrected chi connectivity index (χ0v) is 15.5. The van der Waals surface area contributed by atoms with Crippen molar-refractivity contribution in [2.75, 3.05) is 11.9 Å². The van der Waals surface area contributed by atoms with Crippen molar-refractivity contribution >= 4 is 40.5 Å². The largest absolute Gasteiger partial charge is 0.325 e. The summed E-state index contributed by atoms with van der Waals surface area (Å²) < 4.78 is 13.6. The van der Waals surface area contributed by atoms with E-state index in [0.717, 1.165) is 0 Å². The van der Waals surface area contributed by atoms with E-state index in [9.17, 15) is 19.3 Å².